The van der Waals surface area contributed by atoms with E-state index in [1.165, 1.54) is 11.1 Å². The van der Waals surface area contributed by atoms with Crippen molar-refractivity contribution >= 4 is 22.8 Å². The van der Waals surface area contributed by atoms with E-state index in [2.05, 4.69) is 45.9 Å². The van der Waals surface area contributed by atoms with Gasteiger partial charge in [-0.1, -0.05) is 84.4 Å². The van der Waals surface area contributed by atoms with Gasteiger partial charge < -0.3 is 0 Å². The SMILES string of the molecule is Clc1ccnc2c1nc(-c1ccc(-c3ccccc3)cc1)n2-c1ccccc1. The first-order chi connectivity index (χ1) is 13.8. The predicted molar refractivity (Wildman–Crippen MR) is 115 cm³/mol. The molecule has 4 heteroatoms. The Morgan fingerprint density at radius 1 is 0.643 bits per heavy atom. The molecule has 2 aromatic heterocycles. The summed E-state index contributed by atoms with van der Waals surface area (Å²) in [5.41, 5.74) is 5.83. The first kappa shape index (κ1) is 16.7. The van der Waals surface area contributed by atoms with Crippen LogP contribution in [-0.2, 0) is 0 Å². The lowest BCUT2D eigenvalue weighted by molar-refractivity contribution is 1.08. The first-order valence-corrected chi connectivity index (χ1v) is 9.43. The summed E-state index contributed by atoms with van der Waals surface area (Å²) in [6, 6.07) is 30.6. The summed E-state index contributed by atoms with van der Waals surface area (Å²) in [6.07, 6.45) is 1.72. The molecule has 0 aliphatic heterocycles. The Morgan fingerprint density at radius 3 is 1.96 bits per heavy atom. The third-order valence-corrected chi connectivity index (χ3v) is 5.07. The van der Waals surface area contributed by atoms with Crippen LogP contribution in [0.1, 0.15) is 0 Å². The highest BCUT2D eigenvalue weighted by atomic mass is 35.5. The minimum Gasteiger partial charge on any atom is -0.277 e. The highest BCUT2D eigenvalue weighted by Crippen LogP contribution is 2.31. The molecule has 5 rings (SSSR count). The Kier molecular flexibility index (Phi) is 4.15. The topological polar surface area (TPSA) is 30.7 Å². The second-order valence-electron chi connectivity index (χ2n) is 6.51. The lowest BCUT2D eigenvalue weighted by Gasteiger charge is -2.09. The van der Waals surface area contributed by atoms with Crippen LogP contribution in [0, 0.1) is 0 Å². The Labute approximate surface area is 167 Å². The van der Waals surface area contributed by atoms with Gasteiger partial charge in [-0.15, -0.1) is 0 Å². The lowest BCUT2D eigenvalue weighted by atomic mass is 10.0. The number of pyridine rings is 1. The lowest BCUT2D eigenvalue weighted by Crippen LogP contribution is -1.98. The molecule has 0 radical (unpaired) electrons. The maximum atomic E-state index is 6.41. The monoisotopic (exact) mass is 381 g/mol. The molecule has 0 unspecified atom stereocenters. The summed E-state index contributed by atoms with van der Waals surface area (Å²) >= 11 is 6.41. The summed E-state index contributed by atoms with van der Waals surface area (Å²) in [7, 11) is 0. The fourth-order valence-corrected chi connectivity index (χ4v) is 3.58. The highest BCUT2D eigenvalue weighted by molar-refractivity contribution is 6.34. The maximum absolute atomic E-state index is 6.41. The molecule has 134 valence electrons. The number of hydrogen-bond acceptors (Lipinski definition) is 2. The highest BCUT2D eigenvalue weighted by Gasteiger charge is 2.17. The van der Waals surface area contributed by atoms with E-state index in [-0.39, 0.29) is 0 Å². The van der Waals surface area contributed by atoms with Gasteiger partial charge in [-0.3, -0.25) is 4.57 Å². The maximum Gasteiger partial charge on any atom is 0.166 e. The molecule has 0 spiro atoms. The molecule has 0 aliphatic rings. The number of hydrogen-bond donors (Lipinski definition) is 0. The van der Waals surface area contributed by atoms with Crippen LogP contribution >= 0.6 is 11.6 Å². The second kappa shape index (κ2) is 6.95. The molecule has 3 nitrogen and oxygen atoms in total. The summed E-state index contributed by atoms with van der Waals surface area (Å²) < 4.78 is 2.05. The van der Waals surface area contributed by atoms with Gasteiger partial charge in [0.1, 0.15) is 11.3 Å². The molecule has 5 aromatic rings. The van der Waals surface area contributed by atoms with E-state index < -0.39 is 0 Å². The van der Waals surface area contributed by atoms with Crippen molar-refractivity contribution < 1.29 is 0 Å². The van der Waals surface area contributed by atoms with Crippen LogP contribution in [0.4, 0.5) is 0 Å². The number of halogens is 1. The Balaban J connectivity index is 1.70. The third kappa shape index (κ3) is 2.86. The molecule has 0 fully saturated rings. The minimum atomic E-state index is 0.599. The van der Waals surface area contributed by atoms with Gasteiger partial charge >= 0.3 is 0 Å². The molecule has 0 aliphatic carbocycles. The zero-order chi connectivity index (χ0) is 18.9. The summed E-state index contributed by atoms with van der Waals surface area (Å²) in [6.45, 7) is 0. The zero-order valence-corrected chi connectivity index (χ0v) is 15.7. The Bertz CT molecular complexity index is 1240. The molecule has 0 amide bonds. The number of benzene rings is 3. The van der Waals surface area contributed by atoms with Crippen molar-refractivity contribution in [2.45, 2.75) is 0 Å². The van der Waals surface area contributed by atoms with E-state index in [0.717, 1.165) is 22.7 Å². The van der Waals surface area contributed by atoms with Gasteiger partial charge in [0, 0.05) is 17.4 Å². The van der Waals surface area contributed by atoms with Gasteiger partial charge in [0.2, 0.25) is 0 Å². The molecule has 0 saturated carbocycles. The number of fused-ring (bicyclic) bond motifs is 1. The van der Waals surface area contributed by atoms with E-state index >= 15 is 0 Å². The molecule has 28 heavy (non-hydrogen) atoms. The van der Waals surface area contributed by atoms with E-state index in [1.54, 1.807) is 12.3 Å². The van der Waals surface area contributed by atoms with Crippen molar-refractivity contribution in [3.63, 3.8) is 0 Å². The van der Waals surface area contributed by atoms with Crippen molar-refractivity contribution in [2.24, 2.45) is 0 Å². The molecule has 0 atom stereocenters. The molecular formula is C24H16ClN3. The first-order valence-electron chi connectivity index (χ1n) is 9.05. The minimum absolute atomic E-state index is 0.599. The van der Waals surface area contributed by atoms with Crippen LogP contribution < -0.4 is 0 Å². The van der Waals surface area contributed by atoms with E-state index in [4.69, 9.17) is 16.6 Å². The molecule has 3 aromatic carbocycles. The molecule has 0 saturated heterocycles. The fourth-order valence-electron chi connectivity index (χ4n) is 3.40. The standard InChI is InChI=1S/C24H16ClN3/c25-21-15-16-26-24-22(21)27-23(28(24)20-9-5-2-6-10-20)19-13-11-18(12-14-19)17-7-3-1-4-8-17/h1-16H. The van der Waals surface area contributed by atoms with Crippen LogP contribution in [0.25, 0.3) is 39.4 Å². The van der Waals surface area contributed by atoms with Crippen LogP contribution in [0.3, 0.4) is 0 Å². The van der Waals surface area contributed by atoms with Crippen LogP contribution in [0.2, 0.25) is 5.02 Å². The zero-order valence-electron chi connectivity index (χ0n) is 15.0. The number of rotatable bonds is 3. The quantitative estimate of drug-likeness (QED) is 0.361. The van der Waals surface area contributed by atoms with Crippen LogP contribution in [0.15, 0.2) is 97.2 Å². The molecule has 0 N–H and O–H groups in total. The van der Waals surface area contributed by atoms with Gasteiger partial charge in [-0.05, 0) is 29.3 Å². The fraction of sp³-hybridized carbons (Fsp3) is 0. The van der Waals surface area contributed by atoms with Crippen molar-refractivity contribution in [1.82, 2.24) is 14.5 Å². The van der Waals surface area contributed by atoms with E-state index in [9.17, 15) is 0 Å². The van der Waals surface area contributed by atoms with Gasteiger partial charge in [-0.2, -0.15) is 0 Å². The average Bonchev–Trinajstić information content (AvgIpc) is 3.16. The number of para-hydroxylation sites is 1. The predicted octanol–water partition coefficient (Wildman–Crippen LogP) is 6.41. The number of aromatic nitrogens is 3. The average molecular weight is 382 g/mol. The Morgan fingerprint density at radius 2 is 1.25 bits per heavy atom. The van der Waals surface area contributed by atoms with Crippen LogP contribution in [0.5, 0.6) is 0 Å². The Hall–Kier alpha value is -3.43. The summed E-state index contributed by atoms with van der Waals surface area (Å²) in [4.78, 5) is 9.38. The van der Waals surface area contributed by atoms with Gasteiger partial charge in [0.05, 0.1) is 5.02 Å². The van der Waals surface area contributed by atoms with Crippen molar-refractivity contribution in [2.75, 3.05) is 0 Å². The second-order valence-corrected chi connectivity index (χ2v) is 6.92. The van der Waals surface area contributed by atoms with Crippen molar-refractivity contribution in [3.8, 4) is 28.2 Å². The van der Waals surface area contributed by atoms with Crippen LogP contribution in [-0.4, -0.2) is 14.5 Å². The summed E-state index contributed by atoms with van der Waals surface area (Å²) in [5, 5.41) is 0.599. The number of imidazole rings is 1. The smallest absolute Gasteiger partial charge is 0.166 e. The van der Waals surface area contributed by atoms with Gasteiger partial charge in [0.25, 0.3) is 0 Å². The van der Waals surface area contributed by atoms with E-state index in [0.29, 0.717) is 10.5 Å². The van der Waals surface area contributed by atoms with Gasteiger partial charge in [0.15, 0.2) is 5.65 Å². The molecule has 2 heterocycles. The molecular weight excluding hydrogens is 366 g/mol. The normalized spacial score (nSPS) is 11.0. The van der Waals surface area contributed by atoms with Crippen molar-refractivity contribution in [1.29, 1.82) is 0 Å². The number of nitrogens with zero attached hydrogens (tertiary/aromatic N) is 3. The van der Waals surface area contributed by atoms with Crippen molar-refractivity contribution in [3.05, 3.63) is 102 Å². The third-order valence-electron chi connectivity index (χ3n) is 4.76. The summed E-state index contributed by atoms with van der Waals surface area (Å²) in [5.74, 6) is 0.821. The molecule has 0 bridgehead atoms. The van der Waals surface area contributed by atoms with E-state index in [1.807, 2.05) is 48.5 Å². The van der Waals surface area contributed by atoms with Gasteiger partial charge in [-0.25, -0.2) is 9.97 Å². The largest absolute Gasteiger partial charge is 0.277 e.